The van der Waals surface area contributed by atoms with E-state index in [0.717, 1.165) is 16.9 Å². The first-order valence-electron chi connectivity index (χ1n) is 10.2. The molecule has 3 aromatic rings. The Bertz CT molecular complexity index is 971. The molecule has 3 aromatic carbocycles. The first-order valence-corrected chi connectivity index (χ1v) is 10.2. The first-order chi connectivity index (χ1) is 15.1. The number of phenols is 1. The minimum atomic E-state index is -0.146. The molecule has 0 radical (unpaired) electrons. The van der Waals surface area contributed by atoms with Crippen LogP contribution in [0.3, 0.4) is 0 Å². The monoisotopic (exact) mass is 418 g/mol. The zero-order valence-electron chi connectivity index (χ0n) is 17.2. The fraction of sp³-hybridized carbons (Fsp3) is 0.200. The molecule has 2 amide bonds. The number of nitrogens with one attached hydrogen (secondary N) is 2. The highest BCUT2D eigenvalue weighted by Crippen LogP contribution is 2.10. The molecule has 0 saturated carbocycles. The molecule has 6 nitrogen and oxygen atoms in total. The second-order valence-electron chi connectivity index (χ2n) is 7.06. The summed E-state index contributed by atoms with van der Waals surface area (Å²) in [6.07, 6.45) is 0.959. The molecule has 3 N–H and O–H groups in total. The molecule has 0 aliphatic carbocycles. The van der Waals surface area contributed by atoms with E-state index in [2.05, 4.69) is 10.6 Å². The van der Waals surface area contributed by atoms with Gasteiger partial charge in [-0.2, -0.15) is 0 Å². The molecule has 0 aromatic heterocycles. The highest BCUT2D eigenvalue weighted by molar-refractivity contribution is 5.94. The summed E-state index contributed by atoms with van der Waals surface area (Å²) < 4.78 is 5.52. The van der Waals surface area contributed by atoms with Crippen LogP contribution in [-0.2, 0) is 17.8 Å². The maximum atomic E-state index is 12.3. The number of carbonyl (C=O) groups excluding carboxylic acids is 2. The second-order valence-corrected chi connectivity index (χ2v) is 7.06. The van der Waals surface area contributed by atoms with E-state index in [4.69, 9.17) is 4.74 Å². The van der Waals surface area contributed by atoms with Gasteiger partial charge in [-0.1, -0.05) is 42.5 Å². The smallest absolute Gasteiger partial charge is 0.251 e. The van der Waals surface area contributed by atoms with Crippen molar-refractivity contribution in [3.05, 3.63) is 95.6 Å². The van der Waals surface area contributed by atoms with Crippen molar-refractivity contribution in [2.24, 2.45) is 0 Å². The Balaban J connectivity index is 1.35. The Labute approximate surface area is 181 Å². The van der Waals surface area contributed by atoms with Crippen LogP contribution in [0.4, 0.5) is 0 Å². The second kappa shape index (κ2) is 11.4. The Hall–Kier alpha value is -3.80. The highest BCUT2D eigenvalue weighted by atomic mass is 16.5. The Morgan fingerprint density at radius 1 is 0.806 bits per heavy atom. The van der Waals surface area contributed by atoms with Crippen LogP contribution in [0.1, 0.15) is 27.9 Å². The zero-order valence-corrected chi connectivity index (χ0v) is 17.2. The number of aromatic hydroxyl groups is 1. The van der Waals surface area contributed by atoms with Crippen molar-refractivity contribution in [2.75, 3.05) is 13.2 Å². The third-order valence-electron chi connectivity index (χ3n) is 4.68. The van der Waals surface area contributed by atoms with Crippen molar-refractivity contribution in [1.29, 1.82) is 0 Å². The lowest BCUT2D eigenvalue weighted by atomic mass is 10.1. The van der Waals surface area contributed by atoms with E-state index >= 15 is 0 Å². The summed E-state index contributed by atoms with van der Waals surface area (Å²) in [5.41, 5.74) is 2.52. The van der Waals surface area contributed by atoms with Crippen molar-refractivity contribution >= 4 is 11.8 Å². The molecule has 0 bridgehead atoms. The van der Waals surface area contributed by atoms with Crippen LogP contribution >= 0.6 is 0 Å². The van der Waals surface area contributed by atoms with Gasteiger partial charge in [-0.3, -0.25) is 9.59 Å². The van der Waals surface area contributed by atoms with E-state index in [1.807, 2.05) is 54.6 Å². The maximum absolute atomic E-state index is 12.3. The summed E-state index contributed by atoms with van der Waals surface area (Å²) in [5.74, 6) is 0.733. The van der Waals surface area contributed by atoms with Gasteiger partial charge in [0.1, 0.15) is 11.5 Å². The van der Waals surface area contributed by atoms with E-state index in [1.54, 1.807) is 24.3 Å². The number of rotatable bonds is 10. The number of benzene rings is 3. The first kappa shape index (κ1) is 21.9. The van der Waals surface area contributed by atoms with Gasteiger partial charge in [-0.25, -0.2) is 0 Å². The SMILES string of the molecule is O=C(CCOc1ccccc1)NCc1ccc(C(=O)NCCc2ccc(O)cc2)cc1. The number of carbonyl (C=O) groups is 2. The summed E-state index contributed by atoms with van der Waals surface area (Å²) >= 11 is 0. The molecular formula is C25H26N2O4. The van der Waals surface area contributed by atoms with Crippen LogP contribution in [0.2, 0.25) is 0 Å². The zero-order chi connectivity index (χ0) is 21.9. The molecule has 31 heavy (non-hydrogen) atoms. The van der Waals surface area contributed by atoms with Crippen molar-refractivity contribution in [3.8, 4) is 11.5 Å². The molecule has 0 aliphatic heterocycles. The van der Waals surface area contributed by atoms with Gasteiger partial charge in [0.05, 0.1) is 13.0 Å². The van der Waals surface area contributed by atoms with Gasteiger partial charge in [0, 0.05) is 18.7 Å². The summed E-state index contributed by atoms with van der Waals surface area (Å²) in [7, 11) is 0. The van der Waals surface area contributed by atoms with Gasteiger partial charge in [0.25, 0.3) is 5.91 Å². The number of ether oxygens (including phenoxy) is 1. The minimum absolute atomic E-state index is 0.0908. The number of amides is 2. The van der Waals surface area contributed by atoms with Crippen LogP contribution in [0.15, 0.2) is 78.9 Å². The Morgan fingerprint density at radius 2 is 1.48 bits per heavy atom. The lowest BCUT2D eigenvalue weighted by molar-refractivity contribution is -0.121. The predicted molar refractivity (Wildman–Crippen MR) is 119 cm³/mol. The van der Waals surface area contributed by atoms with Crippen molar-refractivity contribution in [2.45, 2.75) is 19.4 Å². The molecule has 0 saturated heterocycles. The largest absolute Gasteiger partial charge is 0.508 e. The summed E-state index contributed by atoms with van der Waals surface area (Å²) in [6, 6.07) is 23.5. The molecule has 6 heteroatoms. The number of hydrogen-bond donors (Lipinski definition) is 3. The lowest BCUT2D eigenvalue weighted by Gasteiger charge is -2.09. The van der Waals surface area contributed by atoms with Gasteiger partial charge >= 0.3 is 0 Å². The molecule has 0 fully saturated rings. The molecule has 0 atom stereocenters. The van der Waals surface area contributed by atoms with Crippen molar-refractivity contribution in [3.63, 3.8) is 0 Å². The molecular weight excluding hydrogens is 392 g/mol. The fourth-order valence-corrected chi connectivity index (χ4v) is 2.93. The van der Waals surface area contributed by atoms with E-state index in [1.165, 1.54) is 0 Å². The Kier molecular flexibility index (Phi) is 8.05. The van der Waals surface area contributed by atoms with Gasteiger partial charge in [0.15, 0.2) is 0 Å². The predicted octanol–water partition coefficient (Wildman–Crippen LogP) is 3.45. The van der Waals surface area contributed by atoms with E-state index in [-0.39, 0.29) is 24.0 Å². The normalized spacial score (nSPS) is 10.3. The van der Waals surface area contributed by atoms with E-state index in [0.29, 0.717) is 31.7 Å². The third-order valence-corrected chi connectivity index (χ3v) is 4.68. The summed E-state index contributed by atoms with van der Waals surface area (Å²) in [6.45, 7) is 1.22. The topological polar surface area (TPSA) is 87.7 Å². The molecule has 0 aliphatic rings. The van der Waals surface area contributed by atoms with Crippen LogP contribution in [0.25, 0.3) is 0 Å². The van der Waals surface area contributed by atoms with E-state index in [9.17, 15) is 14.7 Å². The average Bonchev–Trinajstić information content (AvgIpc) is 2.80. The molecule has 3 rings (SSSR count). The number of phenolic OH excluding ortho intramolecular Hbond substituents is 1. The third kappa shape index (κ3) is 7.51. The van der Waals surface area contributed by atoms with Gasteiger partial charge in [0.2, 0.25) is 5.91 Å². The average molecular weight is 418 g/mol. The van der Waals surface area contributed by atoms with E-state index < -0.39 is 0 Å². The van der Waals surface area contributed by atoms with Crippen molar-refractivity contribution in [1.82, 2.24) is 10.6 Å². The molecule has 0 spiro atoms. The standard InChI is InChI=1S/C25H26N2O4/c28-22-12-8-19(9-13-22)14-16-26-25(30)21-10-6-20(7-11-21)18-27-24(29)15-17-31-23-4-2-1-3-5-23/h1-13,28H,14-18H2,(H,26,30)(H,27,29). The molecule has 0 heterocycles. The number of hydrogen-bond acceptors (Lipinski definition) is 4. The highest BCUT2D eigenvalue weighted by Gasteiger charge is 2.06. The lowest BCUT2D eigenvalue weighted by Crippen LogP contribution is -2.26. The van der Waals surface area contributed by atoms with Gasteiger partial charge in [-0.05, 0) is 53.9 Å². The van der Waals surface area contributed by atoms with Gasteiger partial charge < -0.3 is 20.5 Å². The Morgan fingerprint density at radius 3 is 2.19 bits per heavy atom. The van der Waals surface area contributed by atoms with Crippen LogP contribution < -0.4 is 15.4 Å². The molecule has 0 unspecified atom stereocenters. The van der Waals surface area contributed by atoms with Crippen LogP contribution in [0.5, 0.6) is 11.5 Å². The summed E-state index contributed by atoms with van der Waals surface area (Å²) in [4.78, 5) is 24.2. The van der Waals surface area contributed by atoms with Crippen molar-refractivity contribution < 1.29 is 19.4 Å². The summed E-state index contributed by atoms with van der Waals surface area (Å²) in [5, 5.41) is 15.0. The number of para-hydroxylation sites is 1. The fourth-order valence-electron chi connectivity index (χ4n) is 2.93. The maximum Gasteiger partial charge on any atom is 0.251 e. The minimum Gasteiger partial charge on any atom is -0.508 e. The van der Waals surface area contributed by atoms with Gasteiger partial charge in [-0.15, -0.1) is 0 Å². The quantitative estimate of drug-likeness (QED) is 0.471. The van der Waals surface area contributed by atoms with Crippen LogP contribution in [-0.4, -0.2) is 30.1 Å². The van der Waals surface area contributed by atoms with Crippen LogP contribution in [0, 0.1) is 0 Å². The molecule has 160 valence electrons.